The van der Waals surface area contributed by atoms with Crippen molar-refractivity contribution in [1.82, 2.24) is 5.43 Å². The Morgan fingerprint density at radius 3 is 1.87 bits per heavy atom. The summed E-state index contributed by atoms with van der Waals surface area (Å²) in [6, 6.07) is 0. The zero-order valence-corrected chi connectivity index (χ0v) is 9.02. The topological polar surface area (TPSA) is 139 Å². The summed E-state index contributed by atoms with van der Waals surface area (Å²) in [6.07, 6.45) is 0. The maximum absolute atomic E-state index is 10.6. The van der Waals surface area contributed by atoms with Crippen LogP contribution in [0.1, 0.15) is 0 Å². The van der Waals surface area contributed by atoms with E-state index in [-0.39, 0.29) is 0 Å². The molecule has 0 fully saturated rings. The van der Waals surface area contributed by atoms with Crippen LogP contribution in [-0.4, -0.2) is 40.1 Å². The van der Waals surface area contributed by atoms with Gasteiger partial charge in [-0.15, -0.1) is 5.11 Å². The quantitative estimate of drug-likeness (QED) is 0.464. The molecule has 0 amide bonds. The van der Waals surface area contributed by atoms with Gasteiger partial charge in [0.1, 0.15) is 0 Å². The highest BCUT2D eigenvalue weighted by molar-refractivity contribution is 7.88. The van der Waals surface area contributed by atoms with Gasteiger partial charge >= 0.3 is 0 Å². The van der Waals surface area contributed by atoms with Crippen LogP contribution in [0.15, 0.2) is 10.3 Å². The summed E-state index contributed by atoms with van der Waals surface area (Å²) in [5, 5.41) is 5.89. The number of hydrogen-bond donors (Lipinski definition) is 1. The standard InChI is InChI=1S/C3HN3O6S3/c7-13(8)1-2(14(9)10)4-6-5-3(1)15(11)12/h(H,4,5). The van der Waals surface area contributed by atoms with Crippen LogP contribution in [0, 0.1) is 0 Å². The smallest absolute Gasteiger partial charge is 0.243 e. The second kappa shape index (κ2) is 4.33. The molecular formula is C3HN3O6S3. The van der Waals surface area contributed by atoms with E-state index in [1.165, 1.54) is 0 Å². The van der Waals surface area contributed by atoms with Gasteiger partial charge in [0.25, 0.3) is 0 Å². The molecular weight excluding hydrogens is 270 g/mol. The molecule has 82 valence electrons. The lowest BCUT2D eigenvalue weighted by Gasteiger charge is -2.03. The Hall–Kier alpha value is -1.53. The summed E-state index contributed by atoms with van der Waals surface area (Å²) in [5.41, 5.74) is 1.77. The van der Waals surface area contributed by atoms with Crippen LogP contribution in [-0.2, 0) is 30.9 Å². The van der Waals surface area contributed by atoms with E-state index in [0.717, 1.165) is 0 Å². The predicted molar refractivity (Wildman–Crippen MR) is 49.8 cm³/mol. The number of rotatable bonds is 0. The van der Waals surface area contributed by atoms with E-state index < -0.39 is 45.7 Å². The fraction of sp³-hybridized carbons (Fsp3) is 0. The fourth-order valence-electron chi connectivity index (χ4n) is 0.678. The molecule has 0 unspecified atom stereocenters. The Balaban J connectivity index is 3.94. The third-order valence-electron chi connectivity index (χ3n) is 1.18. The van der Waals surface area contributed by atoms with Crippen molar-refractivity contribution >= 4 is 45.7 Å². The summed E-state index contributed by atoms with van der Waals surface area (Å²) >= 11 is 0. The lowest BCUT2D eigenvalue weighted by Crippen LogP contribution is -2.37. The average molecular weight is 271 g/mol. The molecule has 12 heteroatoms. The molecule has 0 radical (unpaired) electrons. The highest BCUT2D eigenvalue weighted by atomic mass is 32.2. The summed E-state index contributed by atoms with van der Waals surface area (Å²) in [7, 11) is -9.02. The molecule has 0 atom stereocenters. The molecule has 1 aliphatic heterocycles. The Morgan fingerprint density at radius 1 is 0.867 bits per heavy atom. The first-order chi connectivity index (χ1) is 6.95. The van der Waals surface area contributed by atoms with E-state index in [4.69, 9.17) is 0 Å². The van der Waals surface area contributed by atoms with Gasteiger partial charge in [0.15, 0.2) is 4.86 Å². The van der Waals surface area contributed by atoms with Gasteiger partial charge < -0.3 is 0 Å². The van der Waals surface area contributed by atoms with Crippen molar-refractivity contribution in [1.29, 1.82) is 0 Å². The van der Waals surface area contributed by atoms with Gasteiger partial charge in [-0.25, -0.2) is 5.43 Å². The lowest BCUT2D eigenvalue weighted by atomic mass is 10.4. The first kappa shape index (κ1) is 11.5. The van der Waals surface area contributed by atoms with Crippen molar-refractivity contribution in [2.75, 3.05) is 0 Å². The van der Waals surface area contributed by atoms with Gasteiger partial charge in [0, 0.05) is 0 Å². The Labute approximate surface area is 87.0 Å². The Kier molecular flexibility index (Phi) is 3.33. The van der Waals surface area contributed by atoms with Crippen molar-refractivity contribution < 1.29 is 25.3 Å². The normalized spacial score (nSPS) is 14.8. The molecule has 1 aliphatic rings. The summed E-state index contributed by atoms with van der Waals surface area (Å²) < 4.78 is 63.3. The Bertz CT molecular complexity index is 709. The maximum atomic E-state index is 10.6. The van der Waals surface area contributed by atoms with Crippen LogP contribution in [0.3, 0.4) is 0 Å². The van der Waals surface area contributed by atoms with Crippen LogP contribution >= 0.6 is 0 Å². The summed E-state index contributed by atoms with van der Waals surface area (Å²) in [4.78, 5) is -2.79. The first-order valence-electron chi connectivity index (χ1n) is 3.01. The van der Waals surface area contributed by atoms with Crippen molar-refractivity contribution in [2.45, 2.75) is 0 Å². The zero-order valence-electron chi connectivity index (χ0n) is 6.57. The van der Waals surface area contributed by atoms with Crippen molar-refractivity contribution in [3.8, 4) is 0 Å². The van der Waals surface area contributed by atoms with Gasteiger partial charge in [0.05, 0.1) is 0 Å². The molecule has 1 N–H and O–H groups in total. The molecule has 0 saturated heterocycles. The highest BCUT2D eigenvalue weighted by Crippen LogP contribution is 1.92. The molecule has 0 spiro atoms. The number of hydrogen-bond acceptors (Lipinski definition) is 7. The molecule has 15 heavy (non-hydrogen) atoms. The van der Waals surface area contributed by atoms with E-state index in [1.54, 1.807) is 5.43 Å². The molecule has 0 aromatic carbocycles. The van der Waals surface area contributed by atoms with Gasteiger partial charge in [-0.2, -0.15) is 25.3 Å². The molecule has 0 aliphatic carbocycles. The summed E-state index contributed by atoms with van der Waals surface area (Å²) in [6.45, 7) is 0. The van der Waals surface area contributed by atoms with Gasteiger partial charge in [-0.1, -0.05) is 5.22 Å². The van der Waals surface area contributed by atoms with Crippen molar-refractivity contribution in [2.24, 2.45) is 10.3 Å². The maximum Gasteiger partial charge on any atom is 0.244 e. The minimum Gasteiger partial charge on any atom is -0.243 e. The summed E-state index contributed by atoms with van der Waals surface area (Å²) in [5.74, 6) is 0. The van der Waals surface area contributed by atoms with E-state index in [0.29, 0.717) is 0 Å². The SMILES string of the molecule is O=S(=O)=C1N=NNC(=S(=O)=O)C1=S(=O)=O. The lowest BCUT2D eigenvalue weighted by molar-refractivity contribution is 0.624. The van der Waals surface area contributed by atoms with Crippen molar-refractivity contribution in [3.05, 3.63) is 0 Å². The van der Waals surface area contributed by atoms with E-state index in [1.807, 2.05) is 0 Å². The molecule has 1 rings (SSSR count). The molecule has 0 saturated carbocycles. The second-order valence-electron chi connectivity index (χ2n) is 1.98. The van der Waals surface area contributed by atoms with Crippen molar-refractivity contribution in [3.63, 3.8) is 0 Å². The van der Waals surface area contributed by atoms with Gasteiger partial charge in [0.2, 0.25) is 40.9 Å². The van der Waals surface area contributed by atoms with Gasteiger partial charge in [-0.05, 0) is 0 Å². The van der Waals surface area contributed by atoms with E-state index in [9.17, 15) is 25.3 Å². The predicted octanol–water partition coefficient (Wildman–Crippen LogP) is -2.97. The van der Waals surface area contributed by atoms with Crippen LogP contribution in [0.2, 0.25) is 0 Å². The highest BCUT2D eigenvalue weighted by Gasteiger charge is 2.25. The zero-order chi connectivity index (χ0) is 11.6. The van der Waals surface area contributed by atoms with Crippen LogP contribution in [0.4, 0.5) is 0 Å². The molecule has 0 bridgehead atoms. The van der Waals surface area contributed by atoms with Crippen LogP contribution in [0.5, 0.6) is 0 Å². The number of nitrogens with one attached hydrogen (secondary N) is 1. The Morgan fingerprint density at radius 2 is 1.47 bits per heavy atom. The van der Waals surface area contributed by atoms with Crippen LogP contribution < -0.4 is 5.43 Å². The van der Waals surface area contributed by atoms with Crippen LogP contribution in [0.25, 0.3) is 0 Å². The molecule has 1 heterocycles. The fourth-order valence-corrected chi connectivity index (χ4v) is 2.66. The first-order valence-corrected chi connectivity index (χ1v) is 6.23. The monoisotopic (exact) mass is 271 g/mol. The number of nitrogens with zero attached hydrogens (tertiary/aromatic N) is 2. The average Bonchev–Trinajstić information content (AvgIpc) is 2.16. The van der Waals surface area contributed by atoms with E-state index >= 15 is 0 Å². The third-order valence-corrected chi connectivity index (χ3v) is 3.40. The third kappa shape index (κ3) is 2.28. The minimum atomic E-state index is -3.06. The van der Waals surface area contributed by atoms with Gasteiger partial charge in [-0.3, -0.25) is 0 Å². The molecule has 0 aromatic rings. The van der Waals surface area contributed by atoms with E-state index in [2.05, 4.69) is 10.3 Å². The second-order valence-corrected chi connectivity index (χ2v) is 4.59. The molecule has 0 aromatic heterocycles. The minimum absolute atomic E-state index is 0.863. The molecule has 9 nitrogen and oxygen atoms in total. The largest absolute Gasteiger partial charge is 0.244 e.